The predicted molar refractivity (Wildman–Crippen MR) is 55.4 cm³/mol. The van der Waals surface area contributed by atoms with Crippen molar-refractivity contribution in [3.05, 3.63) is 34.1 Å². The van der Waals surface area contributed by atoms with Crippen LogP contribution in [0.5, 0.6) is 11.5 Å². The standard InChI is InChI=1S/C11H9NO3/c1-6-2-11(13)12-8-4-10-9(3-7(6)8)14-5-15-10/h2-4H,5H2,1H3,(H,12,13). The molecule has 4 heteroatoms. The first-order chi connectivity index (χ1) is 7.24. The molecule has 0 aliphatic carbocycles. The molecule has 2 aromatic rings. The van der Waals surface area contributed by atoms with Crippen LogP contribution < -0.4 is 15.0 Å². The molecule has 0 saturated carbocycles. The number of hydrogen-bond acceptors (Lipinski definition) is 3. The van der Waals surface area contributed by atoms with Crippen LogP contribution >= 0.6 is 0 Å². The largest absolute Gasteiger partial charge is 0.454 e. The maximum Gasteiger partial charge on any atom is 0.248 e. The Morgan fingerprint density at radius 2 is 1.93 bits per heavy atom. The van der Waals surface area contributed by atoms with Gasteiger partial charge in [0.15, 0.2) is 11.5 Å². The summed E-state index contributed by atoms with van der Waals surface area (Å²) in [6, 6.07) is 5.26. The molecule has 0 atom stereocenters. The fraction of sp³-hybridized carbons (Fsp3) is 0.182. The van der Waals surface area contributed by atoms with Gasteiger partial charge in [0.25, 0.3) is 0 Å². The molecule has 0 radical (unpaired) electrons. The quantitative estimate of drug-likeness (QED) is 0.707. The van der Waals surface area contributed by atoms with Crippen LogP contribution in [0.15, 0.2) is 23.0 Å². The van der Waals surface area contributed by atoms with Gasteiger partial charge in [0.05, 0.1) is 5.52 Å². The van der Waals surface area contributed by atoms with Gasteiger partial charge in [-0.2, -0.15) is 0 Å². The molecule has 0 saturated heterocycles. The third kappa shape index (κ3) is 1.18. The molecule has 0 unspecified atom stereocenters. The Bertz CT molecular complexity index is 601. The molecule has 0 bridgehead atoms. The van der Waals surface area contributed by atoms with Gasteiger partial charge in [-0.25, -0.2) is 0 Å². The zero-order valence-electron chi connectivity index (χ0n) is 8.16. The Hall–Kier alpha value is -1.97. The first kappa shape index (κ1) is 8.35. The number of benzene rings is 1. The van der Waals surface area contributed by atoms with E-state index in [-0.39, 0.29) is 12.4 Å². The van der Waals surface area contributed by atoms with Gasteiger partial charge in [0.2, 0.25) is 12.4 Å². The summed E-state index contributed by atoms with van der Waals surface area (Å²) < 4.78 is 10.5. The third-order valence-corrected chi connectivity index (χ3v) is 2.54. The summed E-state index contributed by atoms with van der Waals surface area (Å²) in [4.78, 5) is 14.0. The van der Waals surface area contributed by atoms with Crippen molar-refractivity contribution >= 4 is 10.9 Å². The van der Waals surface area contributed by atoms with Gasteiger partial charge >= 0.3 is 0 Å². The lowest BCUT2D eigenvalue weighted by Crippen LogP contribution is -2.04. The van der Waals surface area contributed by atoms with Crippen LogP contribution in [0.1, 0.15) is 5.56 Å². The molecule has 2 heterocycles. The van der Waals surface area contributed by atoms with E-state index in [1.165, 1.54) is 0 Å². The van der Waals surface area contributed by atoms with Gasteiger partial charge in [-0.3, -0.25) is 4.79 Å². The maximum atomic E-state index is 11.3. The minimum atomic E-state index is -0.0983. The fourth-order valence-corrected chi connectivity index (χ4v) is 1.81. The van der Waals surface area contributed by atoms with E-state index < -0.39 is 0 Å². The second-order valence-corrected chi connectivity index (χ2v) is 3.57. The molecule has 1 aliphatic heterocycles. The number of pyridine rings is 1. The normalized spacial score (nSPS) is 13.4. The predicted octanol–water partition coefficient (Wildman–Crippen LogP) is 1.57. The molecular weight excluding hydrogens is 194 g/mol. The molecule has 0 amide bonds. The summed E-state index contributed by atoms with van der Waals surface area (Å²) in [6.07, 6.45) is 0. The van der Waals surface area contributed by atoms with Crippen LogP contribution in [0, 0.1) is 6.92 Å². The number of rotatable bonds is 0. The summed E-state index contributed by atoms with van der Waals surface area (Å²) in [5.41, 5.74) is 1.62. The van der Waals surface area contributed by atoms with Crippen molar-refractivity contribution < 1.29 is 9.47 Å². The minimum Gasteiger partial charge on any atom is -0.454 e. The summed E-state index contributed by atoms with van der Waals surface area (Å²) in [7, 11) is 0. The Morgan fingerprint density at radius 3 is 2.73 bits per heavy atom. The fourth-order valence-electron chi connectivity index (χ4n) is 1.81. The van der Waals surface area contributed by atoms with Crippen molar-refractivity contribution in [2.24, 2.45) is 0 Å². The molecule has 0 spiro atoms. The van der Waals surface area contributed by atoms with Crippen molar-refractivity contribution in [2.75, 3.05) is 6.79 Å². The summed E-state index contributed by atoms with van der Waals surface area (Å²) in [5, 5.41) is 0.985. The van der Waals surface area contributed by atoms with E-state index in [9.17, 15) is 4.79 Å². The van der Waals surface area contributed by atoms with Gasteiger partial charge in [-0.05, 0) is 18.6 Å². The highest BCUT2D eigenvalue weighted by Crippen LogP contribution is 2.35. The Labute approximate surface area is 85.4 Å². The van der Waals surface area contributed by atoms with Gasteiger partial charge in [-0.15, -0.1) is 0 Å². The number of aromatic amines is 1. The Morgan fingerprint density at radius 1 is 1.20 bits per heavy atom. The van der Waals surface area contributed by atoms with E-state index in [0.717, 1.165) is 22.2 Å². The molecule has 1 N–H and O–H groups in total. The van der Waals surface area contributed by atoms with Crippen LogP contribution in [-0.4, -0.2) is 11.8 Å². The molecule has 1 aromatic carbocycles. The van der Waals surface area contributed by atoms with E-state index >= 15 is 0 Å². The number of aryl methyl sites for hydroxylation is 1. The summed E-state index contributed by atoms with van der Waals surface area (Å²) in [5.74, 6) is 1.42. The lowest BCUT2D eigenvalue weighted by Gasteiger charge is -2.03. The van der Waals surface area contributed by atoms with Crippen molar-refractivity contribution in [3.8, 4) is 11.5 Å². The van der Waals surface area contributed by atoms with Gasteiger partial charge in [0.1, 0.15) is 0 Å². The van der Waals surface area contributed by atoms with E-state index in [2.05, 4.69) is 4.98 Å². The lowest BCUT2D eigenvalue weighted by atomic mass is 10.1. The van der Waals surface area contributed by atoms with Crippen molar-refractivity contribution in [1.29, 1.82) is 0 Å². The molecule has 76 valence electrons. The highest BCUT2D eigenvalue weighted by Gasteiger charge is 2.15. The first-order valence-corrected chi connectivity index (χ1v) is 4.67. The molecule has 4 nitrogen and oxygen atoms in total. The van der Waals surface area contributed by atoms with Crippen LogP contribution in [0.3, 0.4) is 0 Å². The monoisotopic (exact) mass is 203 g/mol. The third-order valence-electron chi connectivity index (χ3n) is 2.54. The summed E-state index contributed by atoms with van der Waals surface area (Å²) in [6.45, 7) is 2.15. The van der Waals surface area contributed by atoms with Crippen LogP contribution in [-0.2, 0) is 0 Å². The van der Waals surface area contributed by atoms with Gasteiger partial charge in [-0.1, -0.05) is 0 Å². The van der Waals surface area contributed by atoms with Crippen LogP contribution in [0.4, 0.5) is 0 Å². The molecular formula is C11H9NO3. The van der Waals surface area contributed by atoms with Crippen molar-refractivity contribution in [2.45, 2.75) is 6.92 Å². The highest BCUT2D eigenvalue weighted by molar-refractivity contribution is 5.85. The lowest BCUT2D eigenvalue weighted by molar-refractivity contribution is 0.174. The zero-order chi connectivity index (χ0) is 10.4. The Balaban J connectivity index is 2.43. The van der Waals surface area contributed by atoms with E-state index in [0.29, 0.717) is 5.75 Å². The smallest absolute Gasteiger partial charge is 0.248 e. The van der Waals surface area contributed by atoms with E-state index in [4.69, 9.17) is 9.47 Å². The molecule has 1 aliphatic rings. The van der Waals surface area contributed by atoms with Gasteiger partial charge in [0, 0.05) is 17.5 Å². The van der Waals surface area contributed by atoms with Crippen LogP contribution in [0.2, 0.25) is 0 Å². The SMILES string of the molecule is Cc1cc(=O)[nH]c2cc3c(cc12)OCO3. The van der Waals surface area contributed by atoms with Crippen molar-refractivity contribution in [1.82, 2.24) is 4.98 Å². The average molecular weight is 203 g/mol. The van der Waals surface area contributed by atoms with E-state index in [1.54, 1.807) is 12.1 Å². The molecule has 0 fully saturated rings. The zero-order valence-corrected chi connectivity index (χ0v) is 8.16. The number of hydrogen-bond donors (Lipinski definition) is 1. The minimum absolute atomic E-state index is 0.0983. The van der Waals surface area contributed by atoms with Crippen LogP contribution in [0.25, 0.3) is 10.9 Å². The first-order valence-electron chi connectivity index (χ1n) is 4.67. The number of aromatic nitrogens is 1. The second-order valence-electron chi connectivity index (χ2n) is 3.57. The molecule has 3 rings (SSSR count). The van der Waals surface area contributed by atoms with Gasteiger partial charge < -0.3 is 14.5 Å². The number of H-pyrrole nitrogens is 1. The summed E-state index contributed by atoms with van der Waals surface area (Å²) >= 11 is 0. The topological polar surface area (TPSA) is 51.3 Å². The molecule has 1 aromatic heterocycles. The molecule has 15 heavy (non-hydrogen) atoms. The Kier molecular flexibility index (Phi) is 1.54. The van der Waals surface area contributed by atoms with E-state index in [1.807, 2.05) is 13.0 Å². The number of nitrogens with one attached hydrogen (secondary N) is 1. The maximum absolute atomic E-state index is 11.3. The highest BCUT2D eigenvalue weighted by atomic mass is 16.7. The van der Waals surface area contributed by atoms with Crippen molar-refractivity contribution in [3.63, 3.8) is 0 Å². The number of ether oxygens (including phenoxy) is 2. The average Bonchev–Trinajstić information content (AvgIpc) is 2.61. The second kappa shape index (κ2) is 2.76. The number of fused-ring (bicyclic) bond motifs is 2.